The summed E-state index contributed by atoms with van der Waals surface area (Å²) in [7, 11) is 0. The molecule has 1 rings (SSSR count). The molecule has 8 heteroatoms. The fourth-order valence-corrected chi connectivity index (χ4v) is 2.11. The number of nitro groups is 1. The molecule has 0 aromatic heterocycles. The predicted octanol–water partition coefficient (Wildman–Crippen LogP) is 3.42. The highest BCUT2D eigenvalue weighted by Crippen LogP contribution is 2.39. The van der Waals surface area contributed by atoms with Crippen LogP contribution >= 0.6 is 22.6 Å². The second kappa shape index (κ2) is 4.59. The van der Waals surface area contributed by atoms with Crippen LogP contribution in [0.15, 0.2) is 12.1 Å². The number of nitro benzene ring substituents is 1. The van der Waals surface area contributed by atoms with Crippen molar-refractivity contribution in [2.24, 2.45) is 0 Å². The molecule has 0 saturated heterocycles. The van der Waals surface area contributed by atoms with E-state index in [2.05, 4.69) is 0 Å². The van der Waals surface area contributed by atoms with E-state index < -0.39 is 33.7 Å². The van der Waals surface area contributed by atoms with Gasteiger partial charge in [-0.05, 0) is 35.6 Å². The molecule has 0 bridgehead atoms. The average Bonchev–Trinajstić information content (AvgIpc) is 2.14. The fraction of sp³-hybridized carbons (Fsp3) is 0.222. The van der Waals surface area contributed by atoms with E-state index >= 15 is 0 Å². The topological polar surface area (TPSA) is 60.2 Å². The van der Waals surface area contributed by atoms with Crippen LogP contribution in [0.2, 0.25) is 0 Å². The van der Waals surface area contributed by atoms with Gasteiger partial charge in [0, 0.05) is 9.64 Å². The summed E-state index contributed by atoms with van der Waals surface area (Å²) in [5.74, 6) is -0.984. The summed E-state index contributed by atoms with van der Waals surface area (Å²) in [4.78, 5) is 20.8. The molecule has 0 N–H and O–H groups in total. The number of hydrogen-bond donors (Lipinski definition) is 0. The van der Waals surface area contributed by atoms with Gasteiger partial charge in [0.05, 0.1) is 10.5 Å². The smallest absolute Gasteiger partial charge is 0.294 e. The number of halogens is 4. The Morgan fingerprint density at radius 3 is 2.29 bits per heavy atom. The molecule has 17 heavy (non-hydrogen) atoms. The molecule has 4 nitrogen and oxygen atoms in total. The summed E-state index contributed by atoms with van der Waals surface area (Å²) in [6.07, 6.45) is -4.80. The highest BCUT2D eigenvalue weighted by molar-refractivity contribution is 14.1. The third-order valence-electron chi connectivity index (χ3n) is 1.96. The number of ketones is 1. The quantitative estimate of drug-likeness (QED) is 0.352. The van der Waals surface area contributed by atoms with Gasteiger partial charge in [0.25, 0.3) is 5.69 Å². The van der Waals surface area contributed by atoms with Crippen LogP contribution in [-0.2, 0) is 6.18 Å². The Kier molecular flexibility index (Phi) is 3.74. The van der Waals surface area contributed by atoms with E-state index in [1.165, 1.54) is 22.6 Å². The Morgan fingerprint density at radius 2 is 1.94 bits per heavy atom. The fourth-order valence-electron chi connectivity index (χ4n) is 1.35. The number of carbonyl (C=O) groups excluding carboxylic acids is 1. The lowest BCUT2D eigenvalue weighted by Gasteiger charge is -2.12. The molecule has 0 heterocycles. The van der Waals surface area contributed by atoms with Crippen LogP contribution < -0.4 is 0 Å². The zero-order valence-corrected chi connectivity index (χ0v) is 10.5. The van der Waals surface area contributed by atoms with Crippen LogP contribution in [0.25, 0.3) is 0 Å². The largest absolute Gasteiger partial charge is 0.418 e. The Labute approximate surface area is 107 Å². The molecule has 1 aromatic rings. The van der Waals surface area contributed by atoms with Gasteiger partial charge in [0.2, 0.25) is 0 Å². The van der Waals surface area contributed by atoms with Crippen molar-refractivity contribution in [1.29, 1.82) is 0 Å². The van der Waals surface area contributed by atoms with Crippen molar-refractivity contribution in [3.05, 3.63) is 36.9 Å². The first kappa shape index (κ1) is 13.9. The zero-order chi connectivity index (χ0) is 13.4. The van der Waals surface area contributed by atoms with E-state index in [1.54, 1.807) is 0 Å². The summed E-state index contributed by atoms with van der Waals surface area (Å²) in [5.41, 5.74) is -2.97. The summed E-state index contributed by atoms with van der Waals surface area (Å²) in [6.45, 7) is 0.869. The van der Waals surface area contributed by atoms with Crippen molar-refractivity contribution in [2.45, 2.75) is 13.1 Å². The molecule has 0 aliphatic rings. The summed E-state index contributed by atoms with van der Waals surface area (Å²) in [5, 5.41) is 10.6. The van der Waals surface area contributed by atoms with Gasteiger partial charge in [0.15, 0.2) is 5.78 Å². The number of rotatable bonds is 2. The normalized spacial score (nSPS) is 11.4. The lowest BCUT2D eigenvalue weighted by molar-refractivity contribution is -0.385. The first-order valence-corrected chi connectivity index (χ1v) is 5.29. The third kappa shape index (κ3) is 2.73. The van der Waals surface area contributed by atoms with Crippen LogP contribution in [-0.4, -0.2) is 10.7 Å². The molecule has 0 aliphatic heterocycles. The lowest BCUT2D eigenvalue weighted by atomic mass is 10.0. The lowest BCUT2D eigenvalue weighted by Crippen LogP contribution is -2.16. The van der Waals surface area contributed by atoms with Crippen molar-refractivity contribution in [3.8, 4) is 0 Å². The maximum Gasteiger partial charge on any atom is 0.418 e. The Morgan fingerprint density at radius 1 is 1.41 bits per heavy atom. The number of Topliss-reactive ketones (excluding diaryl/α,β-unsaturated/α-hetero) is 1. The predicted molar refractivity (Wildman–Crippen MR) is 60.8 cm³/mol. The van der Waals surface area contributed by atoms with Crippen LogP contribution in [0.5, 0.6) is 0 Å². The number of benzene rings is 1. The molecule has 0 aliphatic carbocycles. The maximum absolute atomic E-state index is 12.7. The molecular formula is C9H5F3INO3. The van der Waals surface area contributed by atoms with Crippen LogP contribution in [0, 0.1) is 13.7 Å². The highest BCUT2D eigenvalue weighted by Gasteiger charge is 2.40. The molecule has 0 saturated carbocycles. The average molecular weight is 359 g/mol. The van der Waals surface area contributed by atoms with E-state index in [-0.39, 0.29) is 3.57 Å². The third-order valence-corrected chi connectivity index (χ3v) is 2.86. The summed E-state index contributed by atoms with van der Waals surface area (Å²) >= 11 is 1.39. The Bertz CT molecular complexity index is 499. The Balaban J connectivity index is 3.73. The van der Waals surface area contributed by atoms with Gasteiger partial charge >= 0.3 is 6.18 Å². The minimum absolute atomic E-state index is 0.245. The van der Waals surface area contributed by atoms with Crippen molar-refractivity contribution in [1.82, 2.24) is 0 Å². The molecule has 0 spiro atoms. The van der Waals surface area contributed by atoms with Crippen LogP contribution in [0.4, 0.5) is 18.9 Å². The van der Waals surface area contributed by atoms with E-state index in [0.29, 0.717) is 0 Å². The molecule has 92 valence electrons. The summed E-state index contributed by atoms with van der Waals surface area (Å²) < 4.78 is 38.0. The number of nitrogens with zero attached hydrogens (tertiary/aromatic N) is 1. The van der Waals surface area contributed by atoms with Gasteiger partial charge in [-0.25, -0.2) is 0 Å². The van der Waals surface area contributed by atoms with E-state index in [4.69, 9.17) is 0 Å². The maximum atomic E-state index is 12.7. The molecule has 1 aromatic carbocycles. The first-order valence-electron chi connectivity index (χ1n) is 4.21. The van der Waals surface area contributed by atoms with Crippen molar-refractivity contribution in [3.63, 3.8) is 0 Å². The van der Waals surface area contributed by atoms with Crippen molar-refractivity contribution in [2.75, 3.05) is 0 Å². The Hall–Kier alpha value is -1.19. The van der Waals surface area contributed by atoms with Gasteiger partial charge in [-0.1, -0.05) is 0 Å². The number of carbonyl (C=O) groups is 1. The highest BCUT2D eigenvalue weighted by atomic mass is 127. The standard InChI is InChI=1S/C9H5F3INO3/c1-4(15)7-6(14(16)17)3-2-5(13)8(7)9(10,11)12/h2-3H,1H3. The minimum atomic E-state index is -4.80. The van der Waals surface area contributed by atoms with Gasteiger partial charge < -0.3 is 0 Å². The molecular weight excluding hydrogens is 354 g/mol. The number of alkyl halides is 3. The van der Waals surface area contributed by atoms with Crippen molar-refractivity contribution < 1.29 is 22.9 Å². The van der Waals surface area contributed by atoms with Gasteiger partial charge in [0.1, 0.15) is 5.56 Å². The molecule has 0 fully saturated rings. The van der Waals surface area contributed by atoms with Crippen LogP contribution in [0.1, 0.15) is 22.8 Å². The van der Waals surface area contributed by atoms with E-state index in [0.717, 1.165) is 19.1 Å². The van der Waals surface area contributed by atoms with Gasteiger partial charge in [-0.15, -0.1) is 0 Å². The first-order chi connectivity index (χ1) is 7.66. The van der Waals surface area contributed by atoms with Gasteiger partial charge in [-0.2, -0.15) is 13.2 Å². The van der Waals surface area contributed by atoms with E-state index in [1.807, 2.05) is 0 Å². The van der Waals surface area contributed by atoms with Gasteiger partial charge in [-0.3, -0.25) is 14.9 Å². The molecule has 0 radical (unpaired) electrons. The molecule has 0 unspecified atom stereocenters. The second-order valence-corrected chi connectivity index (χ2v) is 4.29. The minimum Gasteiger partial charge on any atom is -0.294 e. The monoisotopic (exact) mass is 359 g/mol. The number of hydrogen-bond acceptors (Lipinski definition) is 3. The van der Waals surface area contributed by atoms with Crippen LogP contribution in [0.3, 0.4) is 0 Å². The summed E-state index contributed by atoms with van der Waals surface area (Å²) in [6, 6.07) is 1.86. The zero-order valence-electron chi connectivity index (χ0n) is 8.34. The molecule has 0 atom stereocenters. The molecule has 0 amide bonds. The van der Waals surface area contributed by atoms with Crippen molar-refractivity contribution >= 4 is 34.1 Å². The second-order valence-electron chi connectivity index (χ2n) is 3.13. The SMILES string of the molecule is CC(=O)c1c([N+](=O)[O-])ccc(I)c1C(F)(F)F. The van der Waals surface area contributed by atoms with E-state index in [9.17, 15) is 28.1 Å².